The molecule has 2 N–H and O–H groups in total. The van der Waals surface area contributed by atoms with Crippen LogP contribution >= 0.6 is 0 Å². The molecule has 2 amide bonds. The maximum atomic E-state index is 12.4. The molecule has 1 saturated heterocycles. The number of amides is 2. The molecular weight excluding hydrogens is 372 g/mol. The van der Waals surface area contributed by atoms with Crippen molar-refractivity contribution in [1.29, 1.82) is 0 Å². The number of nitrogens with zero attached hydrogens (tertiary/aromatic N) is 2. The van der Waals surface area contributed by atoms with E-state index in [9.17, 15) is 19.7 Å². The number of hydrogen-bond donors (Lipinski definition) is 2. The summed E-state index contributed by atoms with van der Waals surface area (Å²) in [6.45, 7) is 5.58. The number of benzene rings is 2. The van der Waals surface area contributed by atoms with Crippen LogP contribution in [0, 0.1) is 24.0 Å². The molecule has 0 aliphatic carbocycles. The van der Waals surface area contributed by atoms with Crippen LogP contribution in [-0.2, 0) is 16.1 Å². The summed E-state index contributed by atoms with van der Waals surface area (Å²) in [7, 11) is 0. The molecule has 1 aliphatic heterocycles. The molecule has 152 valence electrons. The van der Waals surface area contributed by atoms with Gasteiger partial charge in [-0.3, -0.25) is 24.6 Å². The Bertz CT molecular complexity index is 930. The van der Waals surface area contributed by atoms with Gasteiger partial charge in [0, 0.05) is 31.7 Å². The molecule has 8 heteroatoms. The first-order chi connectivity index (χ1) is 13.8. The summed E-state index contributed by atoms with van der Waals surface area (Å²) in [4.78, 5) is 37.5. The first-order valence-corrected chi connectivity index (χ1v) is 9.48. The Kier molecular flexibility index (Phi) is 6.23. The van der Waals surface area contributed by atoms with Crippen molar-refractivity contribution in [2.75, 3.05) is 18.4 Å². The normalized spacial score (nSPS) is 16.4. The lowest BCUT2D eigenvalue weighted by atomic mass is 10.1. The lowest BCUT2D eigenvalue weighted by Crippen LogP contribution is -2.43. The van der Waals surface area contributed by atoms with E-state index in [0.717, 1.165) is 19.5 Å². The second-order valence-corrected chi connectivity index (χ2v) is 7.29. The molecule has 1 fully saturated rings. The number of carbonyl (C=O) groups is 2. The number of nitro groups is 1. The SMILES string of the molecule is Cc1ccc([N+](=O)[O-])c(C)c1NC(=O)C(=O)NC1CCN(Cc2ccccc2)C1. The summed E-state index contributed by atoms with van der Waals surface area (Å²) in [5.41, 5.74) is 2.39. The summed E-state index contributed by atoms with van der Waals surface area (Å²) < 4.78 is 0. The average Bonchev–Trinajstić information content (AvgIpc) is 3.12. The van der Waals surface area contributed by atoms with E-state index >= 15 is 0 Å². The van der Waals surface area contributed by atoms with Gasteiger partial charge in [0.25, 0.3) is 5.69 Å². The Morgan fingerprint density at radius 3 is 2.55 bits per heavy atom. The minimum Gasteiger partial charge on any atom is -0.344 e. The molecule has 2 aromatic carbocycles. The van der Waals surface area contributed by atoms with Crippen LogP contribution in [-0.4, -0.2) is 40.8 Å². The van der Waals surface area contributed by atoms with E-state index in [1.807, 2.05) is 18.2 Å². The minimum absolute atomic E-state index is 0.0985. The first-order valence-electron chi connectivity index (χ1n) is 9.48. The van der Waals surface area contributed by atoms with E-state index in [4.69, 9.17) is 0 Å². The lowest BCUT2D eigenvalue weighted by Gasteiger charge is -2.17. The third kappa shape index (κ3) is 4.97. The standard InChI is InChI=1S/C21H24N4O4/c1-14-8-9-18(25(28)29)15(2)19(14)23-21(27)20(26)22-17-10-11-24(13-17)12-16-6-4-3-5-7-16/h3-9,17H,10-13H2,1-2H3,(H,22,26)(H,23,27). The zero-order valence-electron chi connectivity index (χ0n) is 16.5. The molecule has 0 aromatic heterocycles. The molecule has 1 unspecified atom stereocenters. The van der Waals surface area contributed by atoms with Gasteiger partial charge in [0.2, 0.25) is 0 Å². The van der Waals surface area contributed by atoms with Crippen molar-refractivity contribution >= 4 is 23.2 Å². The highest BCUT2D eigenvalue weighted by molar-refractivity contribution is 6.39. The third-order valence-corrected chi connectivity index (χ3v) is 5.14. The van der Waals surface area contributed by atoms with Crippen molar-refractivity contribution in [3.05, 3.63) is 69.3 Å². The second-order valence-electron chi connectivity index (χ2n) is 7.29. The predicted octanol–water partition coefficient (Wildman–Crippen LogP) is 2.54. The molecule has 2 aromatic rings. The highest BCUT2D eigenvalue weighted by Crippen LogP contribution is 2.28. The third-order valence-electron chi connectivity index (χ3n) is 5.14. The Labute approximate surface area is 169 Å². The zero-order valence-corrected chi connectivity index (χ0v) is 16.5. The van der Waals surface area contributed by atoms with Gasteiger partial charge < -0.3 is 10.6 Å². The zero-order chi connectivity index (χ0) is 21.0. The molecule has 3 rings (SSSR count). The summed E-state index contributed by atoms with van der Waals surface area (Å²) >= 11 is 0. The molecular formula is C21H24N4O4. The quantitative estimate of drug-likeness (QED) is 0.459. The van der Waals surface area contributed by atoms with Crippen LogP contribution in [0.2, 0.25) is 0 Å². The Morgan fingerprint density at radius 2 is 1.86 bits per heavy atom. The minimum atomic E-state index is -0.821. The number of anilines is 1. The highest BCUT2D eigenvalue weighted by atomic mass is 16.6. The maximum Gasteiger partial charge on any atom is 0.313 e. The molecule has 8 nitrogen and oxygen atoms in total. The topological polar surface area (TPSA) is 105 Å². The van der Waals surface area contributed by atoms with E-state index in [1.165, 1.54) is 11.6 Å². The Morgan fingerprint density at radius 1 is 1.14 bits per heavy atom. The summed E-state index contributed by atoms with van der Waals surface area (Å²) in [6, 6.07) is 12.9. The van der Waals surface area contributed by atoms with Gasteiger partial charge in [-0.25, -0.2) is 0 Å². The van der Waals surface area contributed by atoms with Gasteiger partial charge in [0.15, 0.2) is 0 Å². The Balaban J connectivity index is 1.57. The number of likely N-dealkylation sites (tertiary alicyclic amines) is 1. The van der Waals surface area contributed by atoms with Crippen LogP contribution in [0.1, 0.15) is 23.1 Å². The van der Waals surface area contributed by atoms with Crippen molar-refractivity contribution in [3.63, 3.8) is 0 Å². The van der Waals surface area contributed by atoms with Gasteiger partial charge in [0.1, 0.15) is 0 Å². The predicted molar refractivity (Wildman–Crippen MR) is 109 cm³/mol. The number of rotatable bonds is 5. The van der Waals surface area contributed by atoms with Gasteiger partial charge in [0.05, 0.1) is 16.2 Å². The van der Waals surface area contributed by atoms with Crippen molar-refractivity contribution in [1.82, 2.24) is 10.2 Å². The molecule has 29 heavy (non-hydrogen) atoms. The number of nitro benzene ring substituents is 1. The van der Waals surface area contributed by atoms with Crippen molar-refractivity contribution in [3.8, 4) is 0 Å². The van der Waals surface area contributed by atoms with Crippen LogP contribution in [0.25, 0.3) is 0 Å². The van der Waals surface area contributed by atoms with Crippen molar-refractivity contribution in [2.45, 2.75) is 32.9 Å². The second kappa shape index (κ2) is 8.83. The molecule has 1 atom stereocenters. The maximum absolute atomic E-state index is 12.4. The highest BCUT2D eigenvalue weighted by Gasteiger charge is 2.27. The lowest BCUT2D eigenvalue weighted by molar-refractivity contribution is -0.385. The van der Waals surface area contributed by atoms with E-state index < -0.39 is 16.7 Å². The van der Waals surface area contributed by atoms with Gasteiger partial charge in [-0.05, 0) is 31.4 Å². The van der Waals surface area contributed by atoms with Crippen LogP contribution in [0.15, 0.2) is 42.5 Å². The molecule has 0 radical (unpaired) electrons. The fraction of sp³-hybridized carbons (Fsp3) is 0.333. The van der Waals surface area contributed by atoms with Crippen molar-refractivity contribution in [2.24, 2.45) is 0 Å². The fourth-order valence-electron chi connectivity index (χ4n) is 3.58. The van der Waals surface area contributed by atoms with Crippen LogP contribution < -0.4 is 10.6 Å². The summed E-state index contributed by atoms with van der Waals surface area (Å²) in [6.07, 6.45) is 0.765. The molecule has 0 saturated carbocycles. The number of hydrogen-bond acceptors (Lipinski definition) is 5. The van der Waals surface area contributed by atoms with E-state index in [2.05, 4.69) is 27.7 Å². The smallest absolute Gasteiger partial charge is 0.313 e. The number of carbonyl (C=O) groups excluding carboxylic acids is 2. The van der Waals surface area contributed by atoms with Gasteiger partial charge >= 0.3 is 11.8 Å². The molecule has 0 spiro atoms. The first kappa shape index (κ1) is 20.5. The van der Waals surface area contributed by atoms with Gasteiger partial charge in [-0.2, -0.15) is 0 Å². The van der Waals surface area contributed by atoms with Gasteiger partial charge in [-0.15, -0.1) is 0 Å². The van der Waals surface area contributed by atoms with E-state index in [-0.39, 0.29) is 11.7 Å². The number of aryl methyl sites for hydroxylation is 1. The summed E-state index contributed by atoms with van der Waals surface area (Å²) in [5, 5.41) is 16.4. The number of nitrogens with one attached hydrogen (secondary N) is 2. The van der Waals surface area contributed by atoms with Gasteiger partial charge in [-0.1, -0.05) is 36.4 Å². The van der Waals surface area contributed by atoms with E-state index in [0.29, 0.717) is 23.4 Å². The van der Waals surface area contributed by atoms with Crippen molar-refractivity contribution < 1.29 is 14.5 Å². The molecule has 1 heterocycles. The monoisotopic (exact) mass is 396 g/mol. The largest absolute Gasteiger partial charge is 0.344 e. The average molecular weight is 396 g/mol. The van der Waals surface area contributed by atoms with E-state index in [1.54, 1.807) is 19.9 Å². The molecule has 0 bridgehead atoms. The molecule has 1 aliphatic rings. The fourth-order valence-corrected chi connectivity index (χ4v) is 3.58. The Hall–Kier alpha value is -3.26. The summed E-state index contributed by atoms with van der Waals surface area (Å²) in [5.74, 6) is -1.56. The van der Waals surface area contributed by atoms with Crippen LogP contribution in [0.5, 0.6) is 0 Å². The van der Waals surface area contributed by atoms with Crippen LogP contribution in [0.3, 0.4) is 0 Å². The van der Waals surface area contributed by atoms with Crippen LogP contribution in [0.4, 0.5) is 11.4 Å².